The van der Waals surface area contributed by atoms with Gasteiger partial charge in [-0.2, -0.15) is 0 Å². The van der Waals surface area contributed by atoms with Gasteiger partial charge in [-0.25, -0.2) is 29.1 Å². The van der Waals surface area contributed by atoms with Crippen molar-refractivity contribution in [2.24, 2.45) is 0 Å². The first-order chi connectivity index (χ1) is 31.0. The van der Waals surface area contributed by atoms with Crippen molar-refractivity contribution in [1.29, 1.82) is 0 Å². The molecule has 0 saturated carbocycles. The van der Waals surface area contributed by atoms with Crippen molar-refractivity contribution in [3.05, 3.63) is 127 Å². The summed E-state index contributed by atoms with van der Waals surface area (Å²) in [5.41, 5.74) is 1.91. The van der Waals surface area contributed by atoms with Crippen molar-refractivity contribution in [2.75, 3.05) is 24.7 Å². The number of carbonyl (C=O) groups excluding carboxylic acids is 4. The molecule has 0 saturated heterocycles. The summed E-state index contributed by atoms with van der Waals surface area (Å²) in [6.07, 6.45) is -2.25. The number of para-hydroxylation sites is 2. The van der Waals surface area contributed by atoms with Gasteiger partial charge in [0.05, 0.1) is 58.0 Å². The molecule has 18 heteroatoms. The predicted octanol–water partition coefficient (Wildman–Crippen LogP) is 6.88. The van der Waals surface area contributed by atoms with Crippen molar-refractivity contribution in [2.45, 2.75) is 64.2 Å². The van der Waals surface area contributed by atoms with Gasteiger partial charge in [-0.3, -0.25) is 9.59 Å². The van der Waals surface area contributed by atoms with Crippen LogP contribution in [-0.4, -0.2) is 68.1 Å². The number of hydrogen-bond donors (Lipinski definition) is 0. The molecule has 10 rings (SSSR count). The van der Waals surface area contributed by atoms with Crippen LogP contribution in [-0.2, 0) is 75.5 Å². The standard InChI is InChI=1S/C46H38N4O12S2/c1-3-45(31-19-35-37-27(17-25-9-5-7-11-33(25)47-37)21-49(35)39(51)29(31)23-59-41(45)53)61-43(55)57-13-15-63-64-16-14-58-44(56)62-46(4-2)32-20-36-38-28(18-26-10-6-8-12-34(26)48-38)22-50(36)40(52)30(32)24-60-42(46)54/h5-12,17-20H,3-4,13-16,21-24H2,1-2H3/t45-,46-/m0/s1. The zero-order valence-corrected chi connectivity index (χ0v) is 36.1. The lowest BCUT2D eigenvalue weighted by Crippen LogP contribution is -2.47. The molecular formula is C46H38N4O12S2. The maximum absolute atomic E-state index is 13.8. The molecule has 4 aliphatic heterocycles. The van der Waals surface area contributed by atoms with E-state index in [1.165, 1.54) is 21.6 Å². The van der Waals surface area contributed by atoms with Gasteiger partial charge >= 0.3 is 24.2 Å². The fourth-order valence-electron chi connectivity index (χ4n) is 8.94. The topological polar surface area (TPSA) is 193 Å². The number of carbonyl (C=O) groups is 4. The highest BCUT2D eigenvalue weighted by Crippen LogP contribution is 2.43. The summed E-state index contributed by atoms with van der Waals surface area (Å²) in [5.74, 6) is -0.989. The van der Waals surface area contributed by atoms with Crippen molar-refractivity contribution in [1.82, 2.24) is 19.1 Å². The van der Waals surface area contributed by atoms with Crippen LogP contribution in [0.2, 0.25) is 0 Å². The lowest BCUT2D eigenvalue weighted by molar-refractivity contribution is -0.175. The molecule has 0 spiro atoms. The molecule has 2 atom stereocenters. The molecule has 0 radical (unpaired) electrons. The van der Waals surface area contributed by atoms with Crippen LogP contribution in [0.1, 0.15) is 60.1 Å². The van der Waals surface area contributed by atoms with Gasteiger partial charge in [0.2, 0.25) is 11.2 Å². The highest BCUT2D eigenvalue weighted by atomic mass is 33.1. The van der Waals surface area contributed by atoms with Gasteiger partial charge < -0.3 is 37.6 Å². The Kier molecular flexibility index (Phi) is 10.4. The molecule has 0 bridgehead atoms. The maximum Gasteiger partial charge on any atom is 0.509 e. The predicted molar refractivity (Wildman–Crippen MR) is 234 cm³/mol. The lowest BCUT2D eigenvalue weighted by Gasteiger charge is -2.35. The summed E-state index contributed by atoms with van der Waals surface area (Å²) < 4.78 is 36.2. The highest BCUT2D eigenvalue weighted by molar-refractivity contribution is 8.76. The van der Waals surface area contributed by atoms with Gasteiger partial charge in [-0.05, 0) is 49.2 Å². The molecule has 16 nitrogen and oxygen atoms in total. The summed E-state index contributed by atoms with van der Waals surface area (Å²) in [5, 5.41) is 1.88. The van der Waals surface area contributed by atoms with Gasteiger partial charge in [0.1, 0.15) is 26.4 Å². The number of ether oxygens (including phenoxy) is 6. The number of hydrogen-bond acceptors (Lipinski definition) is 16. The van der Waals surface area contributed by atoms with E-state index >= 15 is 0 Å². The zero-order chi connectivity index (χ0) is 44.3. The number of benzene rings is 2. The van der Waals surface area contributed by atoms with E-state index in [-0.39, 0.29) is 72.6 Å². The molecule has 4 aromatic heterocycles. The maximum atomic E-state index is 13.8. The Bertz CT molecular complexity index is 2910. The number of pyridine rings is 4. The van der Waals surface area contributed by atoms with Gasteiger partial charge in [0.15, 0.2) is 0 Å². The number of esters is 2. The van der Waals surface area contributed by atoms with Crippen molar-refractivity contribution in [3.63, 3.8) is 0 Å². The van der Waals surface area contributed by atoms with Crippen LogP contribution in [0, 0.1) is 0 Å². The molecule has 0 aliphatic carbocycles. The van der Waals surface area contributed by atoms with Gasteiger partial charge in [0, 0.05) is 44.5 Å². The molecular weight excluding hydrogens is 865 g/mol. The number of rotatable bonds is 11. The molecule has 64 heavy (non-hydrogen) atoms. The fraction of sp³-hybridized carbons (Fsp3) is 0.304. The Labute approximate surface area is 371 Å². The number of cyclic esters (lactones) is 2. The second-order valence-electron chi connectivity index (χ2n) is 15.6. The van der Waals surface area contributed by atoms with Crippen molar-refractivity contribution < 1.29 is 47.6 Å². The van der Waals surface area contributed by atoms with Gasteiger partial charge in [-0.15, -0.1) is 0 Å². The fourth-order valence-corrected chi connectivity index (χ4v) is 10.6. The average molecular weight is 903 g/mol. The molecule has 0 fully saturated rings. The second-order valence-corrected chi connectivity index (χ2v) is 18.3. The van der Waals surface area contributed by atoms with Crippen LogP contribution in [0.4, 0.5) is 9.59 Å². The first-order valence-corrected chi connectivity index (χ1v) is 23.2. The third kappa shape index (κ3) is 6.69. The summed E-state index contributed by atoms with van der Waals surface area (Å²) in [7, 11) is 2.65. The Morgan fingerprint density at radius 1 is 0.641 bits per heavy atom. The number of aromatic nitrogens is 4. The minimum atomic E-state index is -1.91. The van der Waals surface area contributed by atoms with Crippen molar-refractivity contribution >= 4 is 67.6 Å². The second kappa shape index (κ2) is 16.2. The summed E-state index contributed by atoms with van der Waals surface area (Å²) in [6.45, 7) is 3.23. The quantitative estimate of drug-likeness (QED) is 0.0564. The summed E-state index contributed by atoms with van der Waals surface area (Å²) in [4.78, 5) is 90.2. The van der Waals surface area contributed by atoms with Crippen LogP contribution in [0.15, 0.2) is 82.4 Å². The molecule has 8 heterocycles. The monoisotopic (exact) mass is 902 g/mol. The molecule has 6 aromatic rings. The van der Waals surface area contributed by atoms with E-state index in [9.17, 15) is 28.8 Å². The van der Waals surface area contributed by atoms with E-state index in [2.05, 4.69) is 0 Å². The van der Waals surface area contributed by atoms with E-state index < -0.39 is 35.5 Å². The Morgan fingerprint density at radius 3 is 1.48 bits per heavy atom. The zero-order valence-electron chi connectivity index (χ0n) is 34.5. The third-order valence-electron chi connectivity index (χ3n) is 12.1. The van der Waals surface area contributed by atoms with Crippen LogP contribution in [0.5, 0.6) is 0 Å². The van der Waals surface area contributed by atoms with Crippen molar-refractivity contribution in [3.8, 4) is 22.8 Å². The first kappa shape index (κ1) is 41.4. The smallest absolute Gasteiger partial charge is 0.457 e. The van der Waals surface area contributed by atoms with Crippen LogP contribution in [0.25, 0.3) is 44.6 Å². The molecule has 0 unspecified atom stereocenters. The third-order valence-corrected chi connectivity index (χ3v) is 14.5. The van der Waals surface area contributed by atoms with Gasteiger partial charge in [0.25, 0.3) is 11.1 Å². The van der Waals surface area contributed by atoms with E-state index in [0.717, 1.165) is 32.9 Å². The lowest BCUT2D eigenvalue weighted by atomic mass is 9.85. The SMILES string of the molecule is CC[C@@]1(OC(=O)OCCSSCCOC(=O)O[C@]2(CC)C(=O)OCc3c2cc2n(c3=O)Cc3cc4ccccc4nc3-2)C(=O)OCc2c1cc1n(c2=O)Cc2cc3ccccc3nc2-1. The Hall–Kier alpha value is -6.66. The average Bonchev–Trinajstić information content (AvgIpc) is 3.85. The molecule has 0 amide bonds. The minimum absolute atomic E-state index is 0.0146. The normalized spacial score (nSPS) is 18.8. The van der Waals surface area contributed by atoms with E-state index in [0.29, 0.717) is 47.4 Å². The summed E-state index contributed by atoms with van der Waals surface area (Å²) >= 11 is 0. The van der Waals surface area contributed by atoms with E-state index in [4.69, 9.17) is 38.4 Å². The van der Waals surface area contributed by atoms with E-state index in [1.54, 1.807) is 35.1 Å². The molecule has 4 aliphatic rings. The molecule has 0 N–H and O–H groups in total. The van der Waals surface area contributed by atoms with Crippen LogP contribution >= 0.6 is 21.6 Å². The van der Waals surface area contributed by atoms with Crippen LogP contribution in [0.3, 0.4) is 0 Å². The number of fused-ring (bicyclic) bond motifs is 10. The van der Waals surface area contributed by atoms with Crippen LogP contribution < -0.4 is 11.1 Å². The van der Waals surface area contributed by atoms with E-state index in [1.807, 2.05) is 60.7 Å². The number of nitrogens with zero attached hydrogens (tertiary/aromatic N) is 4. The summed E-state index contributed by atoms with van der Waals surface area (Å²) in [6, 6.07) is 22.6. The Morgan fingerprint density at radius 2 is 1.06 bits per heavy atom. The first-order valence-electron chi connectivity index (χ1n) is 20.7. The van der Waals surface area contributed by atoms with Gasteiger partial charge in [-0.1, -0.05) is 71.8 Å². The largest absolute Gasteiger partial charge is 0.509 e. The molecule has 326 valence electrons. The Balaban J connectivity index is 0.740. The highest BCUT2D eigenvalue weighted by Gasteiger charge is 2.52. The molecule has 2 aromatic carbocycles. The minimum Gasteiger partial charge on any atom is -0.457 e.